The van der Waals surface area contributed by atoms with E-state index in [9.17, 15) is 17.8 Å². The molecule has 0 aliphatic carbocycles. The predicted octanol–water partition coefficient (Wildman–Crippen LogP) is 2.96. The summed E-state index contributed by atoms with van der Waals surface area (Å²) in [5.41, 5.74) is -0.00392. The normalized spacial score (nSPS) is 12.0. The lowest BCUT2D eigenvalue weighted by atomic mass is 10.1. The van der Waals surface area contributed by atoms with Crippen LogP contribution in [0.5, 0.6) is 5.75 Å². The Labute approximate surface area is 123 Å². The van der Waals surface area contributed by atoms with E-state index in [1.54, 1.807) is 24.3 Å². The zero-order valence-corrected chi connectivity index (χ0v) is 12.0. The highest BCUT2D eigenvalue weighted by molar-refractivity contribution is 7.85. The highest BCUT2D eigenvalue weighted by Crippen LogP contribution is 2.16. The number of hydrogen-bond acceptors (Lipinski definition) is 3. The topological polar surface area (TPSA) is 43.4 Å². The first-order chi connectivity index (χ1) is 10.0. The van der Waals surface area contributed by atoms with Gasteiger partial charge in [-0.05, 0) is 42.5 Å². The van der Waals surface area contributed by atoms with Crippen molar-refractivity contribution >= 4 is 16.6 Å². The molecule has 0 aliphatic rings. The Balaban J connectivity index is 2.10. The lowest BCUT2D eigenvalue weighted by molar-refractivity contribution is 0.102. The fourth-order valence-corrected chi connectivity index (χ4v) is 2.69. The first kappa shape index (κ1) is 15.3. The van der Waals surface area contributed by atoms with Crippen molar-refractivity contribution in [2.75, 3.05) is 12.9 Å². The molecule has 2 aromatic carbocycles. The van der Waals surface area contributed by atoms with Crippen LogP contribution in [-0.4, -0.2) is 22.9 Å². The summed E-state index contributed by atoms with van der Waals surface area (Å²) in [7, 11) is -0.0450. The second-order valence-electron chi connectivity index (χ2n) is 4.22. The minimum atomic E-state index is -1.56. The van der Waals surface area contributed by atoms with Crippen molar-refractivity contribution in [3.8, 4) is 5.75 Å². The highest BCUT2D eigenvalue weighted by atomic mass is 32.2. The number of halogens is 2. The van der Waals surface area contributed by atoms with Gasteiger partial charge in [-0.1, -0.05) is 0 Å². The minimum Gasteiger partial charge on any atom is -0.497 e. The van der Waals surface area contributed by atoms with Gasteiger partial charge >= 0.3 is 0 Å². The van der Waals surface area contributed by atoms with E-state index in [0.717, 1.165) is 12.1 Å². The van der Waals surface area contributed by atoms with E-state index >= 15 is 0 Å². The largest absolute Gasteiger partial charge is 0.497 e. The second-order valence-corrected chi connectivity index (χ2v) is 5.67. The molecule has 0 amide bonds. The van der Waals surface area contributed by atoms with Gasteiger partial charge in [-0.2, -0.15) is 0 Å². The van der Waals surface area contributed by atoms with Gasteiger partial charge in [0, 0.05) is 10.5 Å². The van der Waals surface area contributed by atoms with Crippen LogP contribution in [0.1, 0.15) is 10.4 Å². The lowest BCUT2D eigenvalue weighted by Crippen LogP contribution is -2.11. The van der Waals surface area contributed by atoms with E-state index < -0.39 is 28.2 Å². The summed E-state index contributed by atoms with van der Waals surface area (Å²) in [6.45, 7) is 0. The molecule has 0 spiro atoms. The van der Waals surface area contributed by atoms with Gasteiger partial charge < -0.3 is 4.74 Å². The van der Waals surface area contributed by atoms with Crippen molar-refractivity contribution < 1.29 is 22.5 Å². The third kappa shape index (κ3) is 3.72. The average molecular weight is 310 g/mol. The number of carbonyl (C=O) groups is 1. The number of rotatable bonds is 5. The molecule has 1 unspecified atom stereocenters. The summed E-state index contributed by atoms with van der Waals surface area (Å²) >= 11 is 0. The Morgan fingerprint density at radius 1 is 1.10 bits per heavy atom. The number of hydrogen-bond donors (Lipinski definition) is 0. The molecule has 2 aromatic rings. The molecule has 2 rings (SSSR count). The molecule has 21 heavy (non-hydrogen) atoms. The molecule has 0 heterocycles. The number of ketones is 1. The summed E-state index contributed by atoms with van der Waals surface area (Å²) < 4.78 is 42.9. The summed E-state index contributed by atoms with van der Waals surface area (Å²) in [5.74, 6) is -2.32. The smallest absolute Gasteiger partial charge is 0.175 e. The average Bonchev–Trinajstić information content (AvgIpc) is 2.50. The van der Waals surface area contributed by atoms with Crippen LogP contribution >= 0.6 is 0 Å². The molecule has 1 atom stereocenters. The first-order valence-corrected chi connectivity index (χ1v) is 7.34. The van der Waals surface area contributed by atoms with E-state index in [0.29, 0.717) is 10.6 Å². The molecule has 0 saturated carbocycles. The van der Waals surface area contributed by atoms with E-state index in [-0.39, 0.29) is 11.3 Å². The van der Waals surface area contributed by atoms with Crippen LogP contribution in [0.25, 0.3) is 0 Å². The number of benzene rings is 2. The van der Waals surface area contributed by atoms with Crippen LogP contribution in [0.2, 0.25) is 0 Å². The zero-order valence-electron chi connectivity index (χ0n) is 11.1. The van der Waals surface area contributed by atoms with Crippen LogP contribution in [0, 0.1) is 11.6 Å². The number of methoxy groups -OCH3 is 1. The summed E-state index contributed by atoms with van der Waals surface area (Å²) in [6.07, 6.45) is 0. The maximum atomic E-state index is 13.1. The fourth-order valence-electron chi connectivity index (χ4n) is 1.68. The quantitative estimate of drug-likeness (QED) is 0.798. The SMILES string of the molecule is COc1ccc(S(=O)CC(=O)c2ccc(F)c(F)c2)cc1. The molecule has 0 aromatic heterocycles. The number of Topliss-reactive ketones (excluding diaryl/α,β-unsaturated/α-hetero) is 1. The Morgan fingerprint density at radius 3 is 2.33 bits per heavy atom. The fraction of sp³-hybridized carbons (Fsp3) is 0.133. The molecule has 0 bridgehead atoms. The molecule has 0 N–H and O–H groups in total. The molecule has 0 saturated heterocycles. The van der Waals surface area contributed by atoms with Gasteiger partial charge in [-0.3, -0.25) is 9.00 Å². The van der Waals surface area contributed by atoms with E-state index in [1.165, 1.54) is 13.2 Å². The molecule has 3 nitrogen and oxygen atoms in total. The molecule has 0 aliphatic heterocycles. The van der Waals surface area contributed by atoms with Crippen molar-refractivity contribution in [2.24, 2.45) is 0 Å². The van der Waals surface area contributed by atoms with Crippen molar-refractivity contribution in [2.45, 2.75) is 4.90 Å². The van der Waals surface area contributed by atoms with E-state index in [1.807, 2.05) is 0 Å². The van der Waals surface area contributed by atoms with Gasteiger partial charge in [-0.15, -0.1) is 0 Å². The molecule has 110 valence electrons. The molecular formula is C15H12F2O3S. The summed E-state index contributed by atoms with van der Waals surface area (Å²) in [4.78, 5) is 12.4. The predicted molar refractivity (Wildman–Crippen MR) is 75.0 cm³/mol. The van der Waals surface area contributed by atoms with Crippen molar-refractivity contribution in [1.29, 1.82) is 0 Å². The zero-order chi connectivity index (χ0) is 15.4. The lowest BCUT2D eigenvalue weighted by Gasteiger charge is -2.04. The molecular weight excluding hydrogens is 298 g/mol. The van der Waals surface area contributed by atoms with Gasteiger partial charge in [0.15, 0.2) is 17.4 Å². The van der Waals surface area contributed by atoms with Crippen LogP contribution < -0.4 is 4.74 Å². The Morgan fingerprint density at radius 2 is 1.76 bits per heavy atom. The Hall–Kier alpha value is -2.08. The van der Waals surface area contributed by atoms with Crippen LogP contribution in [0.3, 0.4) is 0 Å². The maximum absolute atomic E-state index is 13.1. The van der Waals surface area contributed by atoms with Crippen LogP contribution in [0.15, 0.2) is 47.4 Å². The second kappa shape index (κ2) is 6.58. The Bertz CT molecular complexity index is 684. The third-order valence-electron chi connectivity index (χ3n) is 2.83. The number of ether oxygens (including phenoxy) is 1. The van der Waals surface area contributed by atoms with Gasteiger partial charge in [0.1, 0.15) is 5.75 Å². The van der Waals surface area contributed by atoms with Gasteiger partial charge in [-0.25, -0.2) is 8.78 Å². The Kier molecular flexibility index (Phi) is 4.80. The monoisotopic (exact) mass is 310 g/mol. The third-order valence-corrected chi connectivity index (χ3v) is 4.15. The van der Waals surface area contributed by atoms with Crippen molar-refractivity contribution in [3.63, 3.8) is 0 Å². The highest BCUT2D eigenvalue weighted by Gasteiger charge is 2.14. The van der Waals surface area contributed by atoms with Crippen LogP contribution in [0.4, 0.5) is 8.78 Å². The molecule has 0 radical (unpaired) electrons. The summed E-state index contributed by atoms with van der Waals surface area (Å²) in [6, 6.07) is 9.30. The summed E-state index contributed by atoms with van der Waals surface area (Å²) in [5, 5.41) is 0. The van der Waals surface area contributed by atoms with Crippen LogP contribution in [-0.2, 0) is 10.8 Å². The standard InChI is InChI=1S/C15H12F2O3S/c1-20-11-3-5-12(6-4-11)21(19)9-15(18)10-2-7-13(16)14(17)8-10/h2-8H,9H2,1H3. The first-order valence-electron chi connectivity index (χ1n) is 6.02. The van der Waals surface area contributed by atoms with Gasteiger partial charge in [0.2, 0.25) is 0 Å². The maximum Gasteiger partial charge on any atom is 0.175 e. The molecule has 0 fully saturated rings. The van der Waals surface area contributed by atoms with Crippen molar-refractivity contribution in [1.82, 2.24) is 0 Å². The van der Waals surface area contributed by atoms with Gasteiger partial charge in [0.25, 0.3) is 0 Å². The van der Waals surface area contributed by atoms with E-state index in [4.69, 9.17) is 4.74 Å². The van der Waals surface area contributed by atoms with Gasteiger partial charge in [0.05, 0.1) is 23.7 Å². The molecule has 6 heteroatoms. The van der Waals surface area contributed by atoms with Crippen molar-refractivity contribution in [3.05, 3.63) is 59.7 Å². The number of carbonyl (C=O) groups excluding carboxylic acids is 1. The van der Waals surface area contributed by atoms with E-state index in [2.05, 4.69) is 0 Å². The minimum absolute atomic E-state index is 0.00392.